The molecular weight excluding hydrogens is 140 g/mol. The van der Waals surface area contributed by atoms with Gasteiger partial charge in [-0.2, -0.15) is 0 Å². The number of carbonyl (C=O) groups excluding carboxylic acids is 1. The normalized spacial score (nSPS) is 18.5. The predicted octanol–water partition coefficient (Wildman–Crippen LogP) is 1.68. The van der Waals surface area contributed by atoms with Crippen LogP contribution in [0.25, 0.3) is 0 Å². The van der Waals surface area contributed by atoms with E-state index in [0.29, 0.717) is 6.61 Å². The Hall–Kier alpha value is -1.05. The molecule has 0 heterocycles. The number of carbonyl (C=O) groups is 1. The van der Waals surface area contributed by atoms with Crippen LogP contribution in [0.3, 0.4) is 0 Å². The zero-order valence-corrected chi connectivity index (χ0v) is 6.51. The molecule has 0 atom stereocenters. The molecule has 0 aliphatic heterocycles. The lowest BCUT2D eigenvalue weighted by atomic mass is 10.1. The van der Waals surface area contributed by atoms with Crippen LogP contribution in [-0.4, -0.2) is 12.6 Å². The predicted molar refractivity (Wildman–Crippen MR) is 43.0 cm³/mol. The van der Waals surface area contributed by atoms with Crippen molar-refractivity contribution >= 4 is 5.97 Å². The quantitative estimate of drug-likeness (QED) is 0.452. The Balaban J connectivity index is 2.41. The lowest BCUT2D eigenvalue weighted by Gasteiger charge is -2.07. The highest BCUT2D eigenvalue weighted by Crippen LogP contribution is 2.47. The van der Waals surface area contributed by atoms with Crippen LogP contribution in [0.15, 0.2) is 25.3 Å². The van der Waals surface area contributed by atoms with Crippen molar-refractivity contribution in [2.45, 2.75) is 12.8 Å². The van der Waals surface area contributed by atoms with Crippen LogP contribution < -0.4 is 0 Å². The maximum atomic E-state index is 11.2. The van der Waals surface area contributed by atoms with E-state index in [1.54, 1.807) is 12.2 Å². The van der Waals surface area contributed by atoms with Crippen LogP contribution in [0.2, 0.25) is 0 Å². The smallest absolute Gasteiger partial charge is 0.316 e. The monoisotopic (exact) mass is 152 g/mol. The molecule has 0 unspecified atom stereocenters. The first-order valence-electron chi connectivity index (χ1n) is 3.67. The standard InChI is InChI=1S/C9H12O2/c1-3-7-11-8(10)9(4-2)5-6-9/h3-4H,1-2,5-7H2. The van der Waals surface area contributed by atoms with Gasteiger partial charge < -0.3 is 4.74 Å². The van der Waals surface area contributed by atoms with Gasteiger partial charge in [-0.3, -0.25) is 4.79 Å². The fourth-order valence-electron chi connectivity index (χ4n) is 0.905. The van der Waals surface area contributed by atoms with Crippen molar-refractivity contribution < 1.29 is 9.53 Å². The van der Waals surface area contributed by atoms with Crippen LogP contribution in [0.1, 0.15) is 12.8 Å². The van der Waals surface area contributed by atoms with Crippen molar-refractivity contribution in [3.8, 4) is 0 Å². The summed E-state index contributed by atoms with van der Waals surface area (Å²) in [6, 6.07) is 0. The van der Waals surface area contributed by atoms with E-state index in [2.05, 4.69) is 13.2 Å². The molecule has 0 radical (unpaired) electrons. The molecule has 0 aromatic carbocycles. The van der Waals surface area contributed by atoms with Crippen molar-refractivity contribution in [2.75, 3.05) is 6.61 Å². The number of rotatable bonds is 4. The number of ether oxygens (including phenoxy) is 1. The average molecular weight is 152 g/mol. The maximum Gasteiger partial charge on any atom is 0.316 e. The summed E-state index contributed by atoms with van der Waals surface area (Å²) < 4.78 is 4.88. The summed E-state index contributed by atoms with van der Waals surface area (Å²) in [4.78, 5) is 11.2. The molecule has 0 aromatic heterocycles. The van der Waals surface area contributed by atoms with Gasteiger partial charge in [-0.25, -0.2) is 0 Å². The molecule has 11 heavy (non-hydrogen) atoms. The van der Waals surface area contributed by atoms with E-state index in [0.717, 1.165) is 12.8 Å². The first kappa shape index (κ1) is 8.05. The number of hydrogen-bond donors (Lipinski definition) is 0. The van der Waals surface area contributed by atoms with Gasteiger partial charge in [-0.1, -0.05) is 18.7 Å². The molecule has 60 valence electrons. The van der Waals surface area contributed by atoms with Gasteiger partial charge in [0.1, 0.15) is 6.61 Å². The summed E-state index contributed by atoms with van der Waals surface area (Å²) in [5.74, 6) is -0.160. The molecule has 0 N–H and O–H groups in total. The zero-order chi connectivity index (χ0) is 8.32. The van der Waals surface area contributed by atoms with Crippen LogP contribution in [0.5, 0.6) is 0 Å². The highest BCUT2D eigenvalue weighted by atomic mass is 16.5. The second-order valence-electron chi connectivity index (χ2n) is 2.75. The molecule has 0 spiro atoms. The Morgan fingerprint density at radius 1 is 1.55 bits per heavy atom. The van der Waals surface area contributed by atoms with Gasteiger partial charge >= 0.3 is 5.97 Å². The van der Waals surface area contributed by atoms with E-state index < -0.39 is 0 Å². The largest absolute Gasteiger partial charge is 0.461 e. The van der Waals surface area contributed by atoms with E-state index in [-0.39, 0.29) is 11.4 Å². The molecule has 1 saturated carbocycles. The molecule has 0 saturated heterocycles. The highest BCUT2D eigenvalue weighted by molar-refractivity contribution is 5.82. The van der Waals surface area contributed by atoms with Crippen molar-refractivity contribution in [3.63, 3.8) is 0 Å². The third kappa shape index (κ3) is 1.50. The SMILES string of the molecule is C=CCOC(=O)C1(C=C)CC1. The lowest BCUT2D eigenvalue weighted by molar-refractivity contribution is -0.146. The maximum absolute atomic E-state index is 11.2. The molecule has 1 aliphatic carbocycles. The second-order valence-corrected chi connectivity index (χ2v) is 2.75. The van der Waals surface area contributed by atoms with Gasteiger partial charge in [0, 0.05) is 0 Å². The topological polar surface area (TPSA) is 26.3 Å². The summed E-state index contributed by atoms with van der Waals surface area (Å²) in [5, 5.41) is 0. The van der Waals surface area contributed by atoms with E-state index in [1.807, 2.05) is 0 Å². The molecule has 0 amide bonds. The molecular formula is C9H12O2. The minimum Gasteiger partial charge on any atom is -0.461 e. The van der Waals surface area contributed by atoms with Crippen LogP contribution in [0.4, 0.5) is 0 Å². The Kier molecular flexibility index (Phi) is 2.13. The molecule has 0 aromatic rings. The van der Waals surface area contributed by atoms with Gasteiger partial charge in [0.05, 0.1) is 5.41 Å². The first-order chi connectivity index (χ1) is 5.25. The van der Waals surface area contributed by atoms with Gasteiger partial charge in [0.2, 0.25) is 0 Å². The first-order valence-corrected chi connectivity index (χ1v) is 3.67. The van der Waals surface area contributed by atoms with Crippen LogP contribution in [0, 0.1) is 5.41 Å². The van der Waals surface area contributed by atoms with Crippen molar-refractivity contribution in [1.82, 2.24) is 0 Å². The Labute approximate surface area is 66.5 Å². The molecule has 2 heteroatoms. The third-order valence-corrected chi connectivity index (χ3v) is 1.92. The second kappa shape index (κ2) is 2.91. The van der Waals surface area contributed by atoms with E-state index in [9.17, 15) is 4.79 Å². The van der Waals surface area contributed by atoms with Gasteiger partial charge in [0.25, 0.3) is 0 Å². The Bertz CT molecular complexity index is 190. The van der Waals surface area contributed by atoms with Crippen molar-refractivity contribution in [3.05, 3.63) is 25.3 Å². The summed E-state index contributed by atoms with van der Waals surface area (Å²) >= 11 is 0. The minimum absolute atomic E-state index is 0.160. The van der Waals surface area contributed by atoms with Crippen molar-refractivity contribution in [2.24, 2.45) is 5.41 Å². The molecule has 1 fully saturated rings. The third-order valence-electron chi connectivity index (χ3n) is 1.92. The molecule has 0 bridgehead atoms. The van der Waals surface area contributed by atoms with Crippen molar-refractivity contribution in [1.29, 1.82) is 0 Å². The molecule has 1 rings (SSSR count). The summed E-state index contributed by atoms with van der Waals surface area (Å²) in [5.41, 5.74) is -0.344. The Morgan fingerprint density at radius 3 is 2.55 bits per heavy atom. The zero-order valence-electron chi connectivity index (χ0n) is 6.51. The van der Waals surface area contributed by atoms with E-state index in [1.165, 1.54) is 0 Å². The number of hydrogen-bond acceptors (Lipinski definition) is 2. The van der Waals surface area contributed by atoms with E-state index in [4.69, 9.17) is 4.74 Å². The van der Waals surface area contributed by atoms with Crippen LogP contribution >= 0.6 is 0 Å². The summed E-state index contributed by atoms with van der Waals surface area (Å²) in [6.45, 7) is 7.36. The van der Waals surface area contributed by atoms with Gasteiger partial charge in [0.15, 0.2) is 0 Å². The Morgan fingerprint density at radius 2 is 2.18 bits per heavy atom. The summed E-state index contributed by atoms with van der Waals surface area (Å²) in [6.07, 6.45) is 5.01. The van der Waals surface area contributed by atoms with Gasteiger partial charge in [-0.05, 0) is 12.8 Å². The fraction of sp³-hybridized carbons (Fsp3) is 0.444. The fourth-order valence-corrected chi connectivity index (χ4v) is 0.905. The average Bonchev–Trinajstić information content (AvgIpc) is 2.80. The summed E-state index contributed by atoms with van der Waals surface area (Å²) in [7, 11) is 0. The highest BCUT2D eigenvalue weighted by Gasteiger charge is 2.48. The number of esters is 1. The minimum atomic E-state index is -0.344. The van der Waals surface area contributed by atoms with E-state index >= 15 is 0 Å². The lowest BCUT2D eigenvalue weighted by Crippen LogP contribution is -2.16. The van der Waals surface area contributed by atoms with Crippen LogP contribution in [-0.2, 0) is 9.53 Å². The molecule has 1 aliphatic rings. The molecule has 2 nitrogen and oxygen atoms in total. The van der Waals surface area contributed by atoms with Gasteiger partial charge in [-0.15, -0.1) is 6.58 Å².